The van der Waals surface area contributed by atoms with Gasteiger partial charge in [0.2, 0.25) is 0 Å². The smallest absolute Gasteiger partial charge is 0.252 e. The molecule has 4 heteroatoms. The predicted octanol–water partition coefficient (Wildman–Crippen LogP) is 4.75. The minimum Gasteiger partial charge on any atom is -0.494 e. The summed E-state index contributed by atoms with van der Waals surface area (Å²) >= 11 is 0. The predicted molar refractivity (Wildman–Crippen MR) is 108 cm³/mol. The molecule has 2 aromatic carbocycles. The van der Waals surface area contributed by atoms with Gasteiger partial charge in [0.1, 0.15) is 5.75 Å². The summed E-state index contributed by atoms with van der Waals surface area (Å²) in [5, 5.41) is 3.99. The number of nitrogens with zero attached hydrogens (tertiary/aromatic N) is 1. The molecule has 1 atom stereocenters. The topological polar surface area (TPSA) is 51.2 Å². The van der Waals surface area contributed by atoms with Crippen LogP contribution in [0, 0.1) is 0 Å². The van der Waals surface area contributed by atoms with Gasteiger partial charge in [0.05, 0.1) is 23.4 Å². The minimum atomic E-state index is -0.0580. The van der Waals surface area contributed by atoms with Crippen molar-refractivity contribution in [3.05, 3.63) is 72.3 Å². The van der Waals surface area contributed by atoms with Crippen molar-refractivity contribution < 1.29 is 9.53 Å². The maximum atomic E-state index is 12.9. The number of amides is 1. The van der Waals surface area contributed by atoms with Crippen molar-refractivity contribution in [3.63, 3.8) is 0 Å². The van der Waals surface area contributed by atoms with E-state index in [1.54, 1.807) is 0 Å². The zero-order valence-electron chi connectivity index (χ0n) is 15.3. The molecule has 27 heavy (non-hydrogen) atoms. The monoisotopic (exact) mass is 358 g/mol. The lowest BCUT2D eigenvalue weighted by atomic mass is 10.0. The molecule has 1 aromatic heterocycles. The van der Waals surface area contributed by atoms with E-state index in [4.69, 9.17) is 9.72 Å². The van der Waals surface area contributed by atoms with Crippen LogP contribution >= 0.6 is 0 Å². The summed E-state index contributed by atoms with van der Waals surface area (Å²) in [6.07, 6.45) is 6.15. The van der Waals surface area contributed by atoms with E-state index in [0.29, 0.717) is 12.2 Å². The number of pyridine rings is 1. The first kappa shape index (κ1) is 17.3. The standard InChI is InChI=1S/C23H22N2O2/c1-2-27-18-13-11-16(12-14-18)22-15-20(19-9-5-6-10-21(19)25-22)23(26)24-17-7-3-4-8-17/h3,5-7,9-15,17H,2,4,8H2,1H3,(H,24,26). The second-order valence-electron chi connectivity index (χ2n) is 6.62. The minimum absolute atomic E-state index is 0.0580. The number of hydrogen-bond acceptors (Lipinski definition) is 3. The zero-order valence-corrected chi connectivity index (χ0v) is 15.3. The van der Waals surface area contributed by atoms with Crippen molar-refractivity contribution in [1.82, 2.24) is 10.3 Å². The number of benzene rings is 2. The summed E-state index contributed by atoms with van der Waals surface area (Å²) in [6.45, 7) is 2.59. The fourth-order valence-electron chi connectivity index (χ4n) is 3.40. The Balaban J connectivity index is 1.73. The van der Waals surface area contributed by atoms with Gasteiger partial charge in [0.15, 0.2) is 0 Å². The van der Waals surface area contributed by atoms with E-state index in [2.05, 4.69) is 17.5 Å². The molecular formula is C23H22N2O2. The van der Waals surface area contributed by atoms with Crippen LogP contribution in [-0.2, 0) is 0 Å². The summed E-state index contributed by atoms with van der Waals surface area (Å²) < 4.78 is 5.51. The van der Waals surface area contributed by atoms with Gasteiger partial charge in [-0.1, -0.05) is 30.4 Å². The van der Waals surface area contributed by atoms with Gasteiger partial charge in [0.25, 0.3) is 5.91 Å². The van der Waals surface area contributed by atoms with Gasteiger partial charge in [-0.3, -0.25) is 4.79 Å². The second kappa shape index (κ2) is 7.62. The average Bonchev–Trinajstić information content (AvgIpc) is 3.21. The molecule has 0 radical (unpaired) electrons. The van der Waals surface area contributed by atoms with Crippen molar-refractivity contribution >= 4 is 16.8 Å². The first-order valence-electron chi connectivity index (χ1n) is 9.35. The van der Waals surface area contributed by atoms with Crippen LogP contribution in [0.2, 0.25) is 0 Å². The summed E-state index contributed by atoms with van der Waals surface area (Å²) in [5.74, 6) is 0.769. The third-order valence-electron chi connectivity index (χ3n) is 4.75. The molecule has 1 N–H and O–H groups in total. The molecule has 1 amide bonds. The van der Waals surface area contributed by atoms with Gasteiger partial charge in [0, 0.05) is 17.0 Å². The Kier molecular flexibility index (Phi) is 4.88. The van der Waals surface area contributed by atoms with Gasteiger partial charge in [-0.15, -0.1) is 0 Å². The number of allylic oxidation sites excluding steroid dienone is 1. The van der Waals surface area contributed by atoms with E-state index in [-0.39, 0.29) is 11.9 Å². The molecule has 4 nitrogen and oxygen atoms in total. The molecular weight excluding hydrogens is 336 g/mol. The molecule has 1 unspecified atom stereocenters. The summed E-state index contributed by atoms with van der Waals surface area (Å²) in [4.78, 5) is 17.7. The van der Waals surface area contributed by atoms with Crippen LogP contribution in [0.25, 0.3) is 22.2 Å². The van der Waals surface area contributed by atoms with Crippen LogP contribution in [0.4, 0.5) is 0 Å². The fourth-order valence-corrected chi connectivity index (χ4v) is 3.40. The van der Waals surface area contributed by atoms with Gasteiger partial charge < -0.3 is 10.1 Å². The number of fused-ring (bicyclic) bond motifs is 1. The number of hydrogen-bond donors (Lipinski definition) is 1. The largest absolute Gasteiger partial charge is 0.494 e. The molecule has 136 valence electrons. The van der Waals surface area contributed by atoms with Gasteiger partial charge in [-0.25, -0.2) is 4.98 Å². The highest BCUT2D eigenvalue weighted by Gasteiger charge is 2.17. The Bertz CT molecular complexity index is 993. The van der Waals surface area contributed by atoms with Crippen LogP contribution < -0.4 is 10.1 Å². The first-order valence-corrected chi connectivity index (χ1v) is 9.35. The molecule has 0 aliphatic heterocycles. The zero-order chi connectivity index (χ0) is 18.6. The van der Waals surface area contributed by atoms with Crippen molar-refractivity contribution in [3.8, 4) is 17.0 Å². The molecule has 1 aliphatic rings. The van der Waals surface area contributed by atoms with Gasteiger partial charge >= 0.3 is 0 Å². The van der Waals surface area contributed by atoms with Crippen LogP contribution in [0.15, 0.2) is 66.7 Å². The van der Waals surface area contributed by atoms with E-state index >= 15 is 0 Å². The number of nitrogens with one attached hydrogen (secondary N) is 1. The Hall–Kier alpha value is -3.14. The third kappa shape index (κ3) is 3.70. The third-order valence-corrected chi connectivity index (χ3v) is 4.75. The number of carbonyl (C=O) groups is 1. The van der Waals surface area contributed by atoms with E-state index in [0.717, 1.165) is 40.8 Å². The number of carbonyl (C=O) groups excluding carboxylic acids is 1. The van der Waals surface area contributed by atoms with Gasteiger partial charge in [-0.2, -0.15) is 0 Å². The van der Waals surface area contributed by atoms with Crippen LogP contribution in [0.5, 0.6) is 5.75 Å². The van der Waals surface area contributed by atoms with Crippen molar-refractivity contribution in [2.24, 2.45) is 0 Å². The van der Waals surface area contributed by atoms with E-state index in [9.17, 15) is 4.79 Å². The summed E-state index contributed by atoms with van der Waals surface area (Å²) in [6, 6.07) is 17.6. The summed E-state index contributed by atoms with van der Waals surface area (Å²) in [5.41, 5.74) is 3.21. The molecule has 0 spiro atoms. The Labute approximate surface area is 158 Å². The highest BCUT2D eigenvalue weighted by molar-refractivity contribution is 6.07. The molecule has 0 saturated carbocycles. The van der Waals surface area contributed by atoms with Crippen LogP contribution in [-0.4, -0.2) is 23.5 Å². The first-order chi connectivity index (χ1) is 13.2. The molecule has 4 rings (SSSR count). The van der Waals surface area contributed by atoms with Gasteiger partial charge in [-0.05, 0) is 56.2 Å². The summed E-state index contributed by atoms with van der Waals surface area (Å²) in [7, 11) is 0. The number of ether oxygens (including phenoxy) is 1. The van der Waals surface area contributed by atoms with E-state index in [1.165, 1.54) is 0 Å². The molecule has 1 heterocycles. The maximum absolute atomic E-state index is 12.9. The van der Waals surface area contributed by atoms with Crippen molar-refractivity contribution in [1.29, 1.82) is 0 Å². The molecule has 0 bridgehead atoms. The second-order valence-corrected chi connectivity index (χ2v) is 6.62. The highest BCUT2D eigenvalue weighted by Crippen LogP contribution is 2.26. The quantitative estimate of drug-likeness (QED) is 0.670. The average molecular weight is 358 g/mol. The van der Waals surface area contributed by atoms with Crippen LogP contribution in [0.3, 0.4) is 0 Å². The lowest BCUT2D eigenvalue weighted by Crippen LogP contribution is -2.32. The SMILES string of the molecule is CCOc1ccc(-c2cc(C(=O)NC3C=CCC3)c3ccccc3n2)cc1. The maximum Gasteiger partial charge on any atom is 0.252 e. The van der Waals surface area contributed by atoms with Crippen molar-refractivity contribution in [2.45, 2.75) is 25.8 Å². The fraction of sp³-hybridized carbons (Fsp3) is 0.217. The molecule has 0 saturated heterocycles. The molecule has 1 aliphatic carbocycles. The van der Waals surface area contributed by atoms with Crippen LogP contribution in [0.1, 0.15) is 30.1 Å². The molecule has 3 aromatic rings. The normalized spacial score (nSPS) is 15.8. The number of para-hydroxylation sites is 1. The molecule has 0 fully saturated rings. The number of rotatable bonds is 5. The Morgan fingerprint density at radius 1 is 1.19 bits per heavy atom. The Morgan fingerprint density at radius 2 is 2.00 bits per heavy atom. The number of aromatic nitrogens is 1. The van der Waals surface area contributed by atoms with E-state index < -0.39 is 0 Å². The highest BCUT2D eigenvalue weighted by atomic mass is 16.5. The van der Waals surface area contributed by atoms with Crippen molar-refractivity contribution in [2.75, 3.05) is 6.61 Å². The lowest BCUT2D eigenvalue weighted by Gasteiger charge is -2.14. The Morgan fingerprint density at radius 3 is 2.74 bits per heavy atom. The lowest BCUT2D eigenvalue weighted by molar-refractivity contribution is 0.0946. The van der Waals surface area contributed by atoms with E-state index in [1.807, 2.05) is 61.5 Å².